The van der Waals surface area contributed by atoms with Crippen LogP contribution in [0.5, 0.6) is 17.2 Å². The van der Waals surface area contributed by atoms with Crippen molar-refractivity contribution < 1.29 is 19.0 Å². The van der Waals surface area contributed by atoms with E-state index in [0.29, 0.717) is 12.3 Å². The first-order valence-electron chi connectivity index (χ1n) is 6.88. The van der Waals surface area contributed by atoms with Crippen molar-refractivity contribution in [1.29, 1.82) is 0 Å². The van der Waals surface area contributed by atoms with Gasteiger partial charge >= 0.3 is 0 Å². The third-order valence-corrected chi connectivity index (χ3v) is 3.10. The lowest BCUT2D eigenvalue weighted by molar-refractivity contribution is -0.123. The van der Waals surface area contributed by atoms with Gasteiger partial charge < -0.3 is 19.5 Å². The van der Waals surface area contributed by atoms with Crippen LogP contribution in [0.4, 0.5) is 0 Å². The van der Waals surface area contributed by atoms with Gasteiger partial charge in [-0.2, -0.15) is 0 Å². The van der Waals surface area contributed by atoms with E-state index in [-0.39, 0.29) is 12.5 Å². The summed E-state index contributed by atoms with van der Waals surface area (Å²) in [4.78, 5) is 11.8. The first-order chi connectivity index (χ1) is 10.7. The maximum Gasteiger partial charge on any atom is 0.258 e. The third-order valence-electron chi connectivity index (χ3n) is 3.10. The van der Waals surface area contributed by atoms with Crippen LogP contribution in [0.1, 0.15) is 5.56 Å². The van der Waals surface area contributed by atoms with Crippen LogP contribution in [-0.2, 0) is 11.3 Å². The highest BCUT2D eigenvalue weighted by Crippen LogP contribution is 2.17. The van der Waals surface area contributed by atoms with Crippen LogP contribution in [0.2, 0.25) is 0 Å². The van der Waals surface area contributed by atoms with E-state index in [9.17, 15) is 4.79 Å². The molecule has 22 heavy (non-hydrogen) atoms. The predicted octanol–water partition coefficient (Wildman–Crippen LogP) is 2.40. The molecule has 0 aromatic heterocycles. The maximum absolute atomic E-state index is 11.8. The summed E-state index contributed by atoms with van der Waals surface area (Å²) in [6.07, 6.45) is 0. The Hall–Kier alpha value is -2.69. The number of hydrogen-bond acceptors (Lipinski definition) is 4. The zero-order valence-electron chi connectivity index (χ0n) is 12.7. The quantitative estimate of drug-likeness (QED) is 0.853. The van der Waals surface area contributed by atoms with E-state index < -0.39 is 0 Å². The topological polar surface area (TPSA) is 56.8 Å². The van der Waals surface area contributed by atoms with Crippen molar-refractivity contribution in [2.75, 3.05) is 20.8 Å². The van der Waals surface area contributed by atoms with Crippen molar-refractivity contribution in [2.45, 2.75) is 6.54 Å². The standard InChI is InChI=1S/C17H19NO4/c1-20-14-7-9-15(10-8-14)22-12-17(19)18-11-13-5-3-4-6-16(13)21-2/h3-10H,11-12H2,1-2H3,(H,18,19). The summed E-state index contributed by atoms with van der Waals surface area (Å²) in [6, 6.07) is 14.6. The summed E-state index contributed by atoms with van der Waals surface area (Å²) < 4.78 is 15.7. The molecule has 0 fully saturated rings. The number of carbonyl (C=O) groups excluding carboxylic acids is 1. The normalized spacial score (nSPS) is 9.91. The molecule has 0 aliphatic heterocycles. The first kappa shape index (κ1) is 15.7. The molecule has 0 radical (unpaired) electrons. The van der Waals surface area contributed by atoms with Crippen LogP contribution < -0.4 is 19.5 Å². The van der Waals surface area contributed by atoms with Gasteiger partial charge in [-0.05, 0) is 30.3 Å². The van der Waals surface area contributed by atoms with Crippen molar-refractivity contribution in [2.24, 2.45) is 0 Å². The van der Waals surface area contributed by atoms with Crippen LogP contribution in [0.25, 0.3) is 0 Å². The summed E-state index contributed by atoms with van der Waals surface area (Å²) >= 11 is 0. The molecule has 0 atom stereocenters. The number of rotatable bonds is 7. The molecule has 2 aromatic carbocycles. The molecular formula is C17H19NO4. The average Bonchev–Trinajstić information content (AvgIpc) is 2.58. The molecule has 1 amide bonds. The van der Waals surface area contributed by atoms with Gasteiger partial charge in [0.25, 0.3) is 5.91 Å². The van der Waals surface area contributed by atoms with Crippen LogP contribution in [0.3, 0.4) is 0 Å². The van der Waals surface area contributed by atoms with Crippen molar-refractivity contribution in [1.82, 2.24) is 5.32 Å². The lowest BCUT2D eigenvalue weighted by Crippen LogP contribution is -2.28. The highest BCUT2D eigenvalue weighted by Gasteiger charge is 2.06. The molecule has 0 saturated heterocycles. The number of amides is 1. The number of nitrogens with one attached hydrogen (secondary N) is 1. The van der Waals surface area contributed by atoms with E-state index in [2.05, 4.69) is 5.32 Å². The van der Waals surface area contributed by atoms with E-state index in [0.717, 1.165) is 17.1 Å². The molecular weight excluding hydrogens is 282 g/mol. The highest BCUT2D eigenvalue weighted by atomic mass is 16.5. The molecule has 2 rings (SSSR count). The van der Waals surface area contributed by atoms with Gasteiger partial charge in [0.15, 0.2) is 6.61 Å². The summed E-state index contributed by atoms with van der Waals surface area (Å²) in [5, 5.41) is 2.80. The Balaban J connectivity index is 1.80. The minimum absolute atomic E-state index is 0.0402. The number of benzene rings is 2. The van der Waals surface area contributed by atoms with Crippen molar-refractivity contribution in [3.05, 3.63) is 54.1 Å². The largest absolute Gasteiger partial charge is 0.497 e. The number of ether oxygens (including phenoxy) is 3. The van der Waals surface area contributed by atoms with Gasteiger partial charge in [0.05, 0.1) is 14.2 Å². The Morgan fingerprint density at radius 1 is 0.955 bits per heavy atom. The first-order valence-corrected chi connectivity index (χ1v) is 6.88. The molecule has 0 spiro atoms. The monoisotopic (exact) mass is 301 g/mol. The van der Waals surface area contributed by atoms with E-state index >= 15 is 0 Å². The predicted molar refractivity (Wildman–Crippen MR) is 83.3 cm³/mol. The van der Waals surface area contributed by atoms with Crippen molar-refractivity contribution in [3.63, 3.8) is 0 Å². The van der Waals surface area contributed by atoms with Gasteiger partial charge in [-0.1, -0.05) is 18.2 Å². The van der Waals surface area contributed by atoms with Crippen LogP contribution in [0.15, 0.2) is 48.5 Å². The van der Waals surface area contributed by atoms with Gasteiger partial charge in [-0.25, -0.2) is 0 Å². The second-order valence-corrected chi connectivity index (χ2v) is 4.55. The van der Waals surface area contributed by atoms with E-state index in [4.69, 9.17) is 14.2 Å². The lowest BCUT2D eigenvalue weighted by Gasteiger charge is -2.10. The van der Waals surface area contributed by atoms with E-state index in [1.807, 2.05) is 24.3 Å². The number of methoxy groups -OCH3 is 2. The van der Waals surface area contributed by atoms with Crippen molar-refractivity contribution in [3.8, 4) is 17.2 Å². The Kier molecular flexibility index (Phi) is 5.65. The fourth-order valence-electron chi connectivity index (χ4n) is 1.91. The molecule has 5 nitrogen and oxygen atoms in total. The van der Waals surface area contributed by atoms with Crippen LogP contribution in [-0.4, -0.2) is 26.7 Å². The maximum atomic E-state index is 11.8. The molecule has 1 N–H and O–H groups in total. The summed E-state index contributed by atoms with van der Waals surface area (Å²) in [7, 11) is 3.20. The number of carbonyl (C=O) groups is 1. The molecule has 2 aromatic rings. The molecule has 0 unspecified atom stereocenters. The van der Waals surface area contributed by atoms with Crippen LogP contribution in [0, 0.1) is 0 Å². The van der Waals surface area contributed by atoms with E-state index in [1.165, 1.54) is 0 Å². The van der Waals surface area contributed by atoms with Crippen LogP contribution >= 0.6 is 0 Å². The highest BCUT2D eigenvalue weighted by molar-refractivity contribution is 5.77. The Labute approximate surface area is 129 Å². The smallest absolute Gasteiger partial charge is 0.258 e. The van der Waals surface area contributed by atoms with Gasteiger partial charge in [0.2, 0.25) is 0 Å². The zero-order chi connectivity index (χ0) is 15.8. The molecule has 0 bridgehead atoms. The van der Waals surface area contributed by atoms with Gasteiger partial charge in [-0.15, -0.1) is 0 Å². The minimum atomic E-state index is -0.193. The average molecular weight is 301 g/mol. The van der Waals surface area contributed by atoms with E-state index in [1.54, 1.807) is 38.5 Å². The molecule has 0 aliphatic carbocycles. The molecule has 5 heteroatoms. The Bertz CT molecular complexity index is 610. The zero-order valence-corrected chi connectivity index (χ0v) is 12.7. The molecule has 0 heterocycles. The second-order valence-electron chi connectivity index (χ2n) is 4.55. The Morgan fingerprint density at radius 2 is 1.64 bits per heavy atom. The van der Waals surface area contributed by atoms with Gasteiger partial charge in [0.1, 0.15) is 17.2 Å². The summed E-state index contributed by atoms with van der Waals surface area (Å²) in [5.41, 5.74) is 0.919. The summed E-state index contributed by atoms with van der Waals surface area (Å²) in [6.45, 7) is 0.357. The fraction of sp³-hybridized carbons (Fsp3) is 0.235. The van der Waals surface area contributed by atoms with Gasteiger partial charge in [-0.3, -0.25) is 4.79 Å². The Morgan fingerprint density at radius 3 is 2.32 bits per heavy atom. The van der Waals surface area contributed by atoms with Crippen molar-refractivity contribution >= 4 is 5.91 Å². The third kappa shape index (κ3) is 4.41. The van der Waals surface area contributed by atoms with Gasteiger partial charge in [0, 0.05) is 12.1 Å². The molecule has 116 valence electrons. The molecule has 0 saturated carbocycles. The SMILES string of the molecule is COc1ccc(OCC(=O)NCc2ccccc2OC)cc1. The lowest BCUT2D eigenvalue weighted by atomic mass is 10.2. The number of para-hydroxylation sites is 1. The fourth-order valence-corrected chi connectivity index (χ4v) is 1.91. The molecule has 0 aliphatic rings. The minimum Gasteiger partial charge on any atom is -0.497 e. The summed E-state index contributed by atoms with van der Waals surface area (Å²) in [5.74, 6) is 1.92. The second kappa shape index (κ2) is 7.93. The number of hydrogen-bond donors (Lipinski definition) is 1.